The number of unbranched alkanes of at least 4 members (excludes halogenated alkanes) is 1. The maximum atomic E-state index is 9.41. The summed E-state index contributed by atoms with van der Waals surface area (Å²) in [6.45, 7) is 6.55. The number of hydrogen-bond donors (Lipinski definition) is 1. The van der Waals surface area contributed by atoms with Gasteiger partial charge in [0, 0.05) is 0 Å². The number of aromatic hydroxyl groups is 1. The lowest BCUT2D eigenvalue weighted by Gasteiger charge is -2.12. The molecule has 0 spiro atoms. The molecule has 1 aromatic carbocycles. The first-order chi connectivity index (χ1) is 6.65. The highest BCUT2D eigenvalue weighted by Crippen LogP contribution is 2.25. The molecule has 0 radical (unpaired) electrons. The Balaban J connectivity index is 2.90. The van der Waals surface area contributed by atoms with Crippen molar-refractivity contribution in [3.8, 4) is 5.75 Å². The van der Waals surface area contributed by atoms with Crippen LogP contribution in [0.3, 0.4) is 0 Å². The summed E-state index contributed by atoms with van der Waals surface area (Å²) in [6, 6.07) is 5.74. The molecule has 1 heteroatoms. The molecule has 0 amide bonds. The van der Waals surface area contributed by atoms with Crippen LogP contribution >= 0.6 is 0 Å². The molecule has 0 aliphatic carbocycles. The van der Waals surface area contributed by atoms with Crippen molar-refractivity contribution >= 4 is 0 Å². The number of rotatable bonds is 4. The van der Waals surface area contributed by atoms with Crippen molar-refractivity contribution < 1.29 is 5.11 Å². The maximum absolute atomic E-state index is 9.41. The third-order valence-corrected chi connectivity index (χ3v) is 2.55. The Morgan fingerprint density at radius 2 is 2.00 bits per heavy atom. The van der Waals surface area contributed by atoms with E-state index in [1.54, 1.807) is 6.07 Å². The highest BCUT2D eigenvalue weighted by molar-refractivity contribution is 5.36. The number of phenols is 1. The second kappa shape index (κ2) is 5.04. The minimum absolute atomic E-state index is 0.383. The molecule has 0 unspecified atom stereocenters. The summed E-state index contributed by atoms with van der Waals surface area (Å²) in [5.41, 5.74) is 2.68. The molecule has 0 aliphatic rings. The molecule has 1 N–H and O–H groups in total. The Morgan fingerprint density at radius 3 is 2.57 bits per heavy atom. The van der Waals surface area contributed by atoms with E-state index in [1.165, 1.54) is 24.0 Å². The standard InChI is InChI=1S/C13H20O/c1-4-5-6-11-7-8-12(14)9-13(11)10(2)3/h7-10,14H,4-6H2,1-3H3. The smallest absolute Gasteiger partial charge is 0.115 e. The minimum Gasteiger partial charge on any atom is -0.508 e. The van der Waals surface area contributed by atoms with Gasteiger partial charge >= 0.3 is 0 Å². The van der Waals surface area contributed by atoms with Gasteiger partial charge in [0.2, 0.25) is 0 Å². The fourth-order valence-corrected chi connectivity index (χ4v) is 1.71. The average molecular weight is 192 g/mol. The van der Waals surface area contributed by atoms with E-state index in [0.717, 1.165) is 6.42 Å². The van der Waals surface area contributed by atoms with Crippen LogP contribution in [0, 0.1) is 0 Å². The summed E-state index contributed by atoms with van der Waals surface area (Å²) in [7, 11) is 0. The van der Waals surface area contributed by atoms with Gasteiger partial charge in [0.25, 0.3) is 0 Å². The molecule has 0 aromatic heterocycles. The van der Waals surface area contributed by atoms with E-state index in [-0.39, 0.29) is 0 Å². The molecule has 78 valence electrons. The van der Waals surface area contributed by atoms with Gasteiger partial charge in [-0.05, 0) is 42.0 Å². The predicted molar refractivity (Wildman–Crippen MR) is 60.8 cm³/mol. The van der Waals surface area contributed by atoms with E-state index in [4.69, 9.17) is 0 Å². The van der Waals surface area contributed by atoms with Crippen molar-refractivity contribution in [3.63, 3.8) is 0 Å². The fourth-order valence-electron chi connectivity index (χ4n) is 1.71. The van der Waals surface area contributed by atoms with Crippen molar-refractivity contribution in [3.05, 3.63) is 29.3 Å². The van der Waals surface area contributed by atoms with Gasteiger partial charge in [0.05, 0.1) is 0 Å². The molecule has 0 bridgehead atoms. The van der Waals surface area contributed by atoms with Crippen LogP contribution in [0.4, 0.5) is 0 Å². The quantitative estimate of drug-likeness (QED) is 0.768. The van der Waals surface area contributed by atoms with Crippen LogP contribution in [-0.2, 0) is 6.42 Å². The van der Waals surface area contributed by atoms with Gasteiger partial charge in [-0.1, -0.05) is 33.3 Å². The lowest BCUT2D eigenvalue weighted by molar-refractivity contribution is 0.473. The van der Waals surface area contributed by atoms with Gasteiger partial charge in [-0.15, -0.1) is 0 Å². The van der Waals surface area contributed by atoms with Gasteiger partial charge in [0.15, 0.2) is 0 Å². The van der Waals surface area contributed by atoms with E-state index in [9.17, 15) is 5.11 Å². The van der Waals surface area contributed by atoms with E-state index in [0.29, 0.717) is 11.7 Å². The van der Waals surface area contributed by atoms with E-state index in [1.807, 2.05) is 6.07 Å². The van der Waals surface area contributed by atoms with Crippen LogP contribution in [0.2, 0.25) is 0 Å². The first-order valence-electron chi connectivity index (χ1n) is 5.47. The summed E-state index contributed by atoms with van der Waals surface area (Å²) in [5, 5.41) is 9.41. The number of aryl methyl sites for hydroxylation is 1. The Hall–Kier alpha value is -0.980. The predicted octanol–water partition coefficient (Wildman–Crippen LogP) is 3.86. The molecular weight excluding hydrogens is 172 g/mol. The van der Waals surface area contributed by atoms with Gasteiger partial charge in [0.1, 0.15) is 5.75 Å². The van der Waals surface area contributed by atoms with Crippen LogP contribution < -0.4 is 0 Å². The first-order valence-corrected chi connectivity index (χ1v) is 5.47. The molecular formula is C13H20O. The zero-order valence-electron chi connectivity index (χ0n) is 9.38. The maximum Gasteiger partial charge on any atom is 0.115 e. The Morgan fingerprint density at radius 1 is 1.29 bits per heavy atom. The highest BCUT2D eigenvalue weighted by Gasteiger charge is 2.06. The van der Waals surface area contributed by atoms with Gasteiger partial charge in [-0.2, -0.15) is 0 Å². The highest BCUT2D eigenvalue weighted by atomic mass is 16.3. The number of benzene rings is 1. The SMILES string of the molecule is CCCCc1ccc(O)cc1C(C)C. The third kappa shape index (κ3) is 2.76. The first kappa shape index (κ1) is 11.1. The largest absolute Gasteiger partial charge is 0.508 e. The molecule has 0 saturated carbocycles. The van der Waals surface area contributed by atoms with E-state index >= 15 is 0 Å². The minimum atomic E-state index is 0.383. The van der Waals surface area contributed by atoms with E-state index < -0.39 is 0 Å². The average Bonchev–Trinajstić information content (AvgIpc) is 2.15. The topological polar surface area (TPSA) is 20.2 Å². The summed E-state index contributed by atoms with van der Waals surface area (Å²) in [6.07, 6.45) is 3.58. The molecule has 1 rings (SSSR count). The molecule has 14 heavy (non-hydrogen) atoms. The molecule has 0 saturated heterocycles. The van der Waals surface area contributed by atoms with Gasteiger partial charge in [-0.25, -0.2) is 0 Å². The van der Waals surface area contributed by atoms with Crippen molar-refractivity contribution in [2.45, 2.75) is 46.0 Å². The summed E-state index contributed by atoms with van der Waals surface area (Å²) in [5.74, 6) is 0.878. The lowest BCUT2D eigenvalue weighted by Crippen LogP contribution is -1.96. The fraction of sp³-hybridized carbons (Fsp3) is 0.538. The van der Waals surface area contributed by atoms with Crippen LogP contribution in [0.5, 0.6) is 5.75 Å². The number of phenolic OH excluding ortho intramolecular Hbond substituents is 1. The molecule has 1 aromatic rings. The third-order valence-electron chi connectivity index (χ3n) is 2.55. The van der Waals surface area contributed by atoms with Crippen molar-refractivity contribution in [1.29, 1.82) is 0 Å². The molecule has 0 aliphatic heterocycles. The van der Waals surface area contributed by atoms with E-state index in [2.05, 4.69) is 26.8 Å². The van der Waals surface area contributed by atoms with Gasteiger partial charge < -0.3 is 5.11 Å². The number of hydrogen-bond acceptors (Lipinski definition) is 1. The monoisotopic (exact) mass is 192 g/mol. The molecule has 0 heterocycles. The van der Waals surface area contributed by atoms with Crippen LogP contribution in [0.15, 0.2) is 18.2 Å². The summed E-state index contributed by atoms with van der Waals surface area (Å²) >= 11 is 0. The Kier molecular flexibility index (Phi) is 3.99. The lowest BCUT2D eigenvalue weighted by atomic mass is 9.94. The van der Waals surface area contributed by atoms with Gasteiger partial charge in [-0.3, -0.25) is 0 Å². The van der Waals surface area contributed by atoms with Crippen molar-refractivity contribution in [2.24, 2.45) is 0 Å². The molecule has 0 fully saturated rings. The van der Waals surface area contributed by atoms with Crippen molar-refractivity contribution in [2.75, 3.05) is 0 Å². The molecule has 0 atom stereocenters. The zero-order chi connectivity index (χ0) is 10.6. The normalized spacial score (nSPS) is 10.9. The Bertz CT molecular complexity index is 289. The van der Waals surface area contributed by atoms with Crippen LogP contribution in [0.1, 0.15) is 50.7 Å². The molecule has 1 nitrogen and oxygen atoms in total. The second-order valence-corrected chi connectivity index (χ2v) is 4.14. The summed E-state index contributed by atoms with van der Waals surface area (Å²) in [4.78, 5) is 0. The van der Waals surface area contributed by atoms with Crippen LogP contribution in [-0.4, -0.2) is 5.11 Å². The summed E-state index contributed by atoms with van der Waals surface area (Å²) < 4.78 is 0. The Labute approximate surface area is 86.8 Å². The zero-order valence-corrected chi connectivity index (χ0v) is 9.38. The van der Waals surface area contributed by atoms with Crippen molar-refractivity contribution in [1.82, 2.24) is 0 Å². The second-order valence-electron chi connectivity index (χ2n) is 4.14. The van der Waals surface area contributed by atoms with Crippen LogP contribution in [0.25, 0.3) is 0 Å².